The summed E-state index contributed by atoms with van der Waals surface area (Å²) in [5, 5.41) is 3.60. The summed E-state index contributed by atoms with van der Waals surface area (Å²) in [6, 6.07) is 18.7. The van der Waals surface area contributed by atoms with Crippen molar-refractivity contribution in [1.29, 1.82) is 0 Å². The Morgan fingerprint density at radius 1 is 0.794 bits per heavy atom. The molecule has 1 heterocycles. The van der Waals surface area contributed by atoms with E-state index in [2.05, 4.69) is 10.3 Å². The first kappa shape index (κ1) is 22.6. The van der Waals surface area contributed by atoms with Crippen LogP contribution in [0.4, 0.5) is 5.69 Å². The number of hydrogen-bond donors (Lipinski definition) is 1. The number of carbonyl (C=O) groups is 2. The Morgan fingerprint density at radius 3 is 2.09 bits per heavy atom. The molecule has 0 saturated heterocycles. The molecule has 0 saturated carbocycles. The number of pyridine rings is 1. The van der Waals surface area contributed by atoms with E-state index in [-0.39, 0.29) is 5.91 Å². The predicted molar refractivity (Wildman–Crippen MR) is 127 cm³/mol. The van der Waals surface area contributed by atoms with Crippen LogP contribution in [0.15, 0.2) is 72.9 Å². The van der Waals surface area contributed by atoms with Crippen LogP contribution < -0.4 is 24.3 Å². The molecule has 172 valence electrons. The molecule has 1 amide bonds. The van der Waals surface area contributed by atoms with Crippen LogP contribution in [-0.4, -0.2) is 31.1 Å². The first-order chi connectivity index (χ1) is 16.5. The van der Waals surface area contributed by atoms with Gasteiger partial charge in [-0.1, -0.05) is 0 Å². The van der Waals surface area contributed by atoms with Crippen LogP contribution in [-0.2, 0) is 4.79 Å². The predicted octanol–water partition coefficient (Wildman–Crippen LogP) is 5.22. The molecule has 0 spiro atoms. The van der Waals surface area contributed by atoms with E-state index in [9.17, 15) is 9.59 Å². The molecule has 0 radical (unpaired) electrons. The largest absolute Gasteiger partial charge is 0.493 e. The maximum absolute atomic E-state index is 12.5. The second-order valence-corrected chi connectivity index (χ2v) is 7.23. The van der Waals surface area contributed by atoms with Crippen LogP contribution in [0.1, 0.15) is 17.3 Å². The molecule has 0 fully saturated rings. The third-order valence-corrected chi connectivity index (χ3v) is 4.92. The van der Waals surface area contributed by atoms with Gasteiger partial charge in [0.15, 0.2) is 11.5 Å². The number of nitrogens with one attached hydrogen (secondary N) is 1. The van der Waals surface area contributed by atoms with Gasteiger partial charge in [-0.15, -0.1) is 0 Å². The Labute approximate surface area is 196 Å². The molecule has 1 N–H and O–H groups in total. The van der Waals surface area contributed by atoms with Gasteiger partial charge in [0.25, 0.3) is 5.91 Å². The number of nitrogens with zero attached hydrogens (tertiary/aromatic N) is 1. The minimum Gasteiger partial charge on any atom is -0.493 e. The molecule has 3 aromatic carbocycles. The van der Waals surface area contributed by atoms with Crippen molar-refractivity contribution in [3.05, 3.63) is 78.5 Å². The van der Waals surface area contributed by atoms with Crippen LogP contribution in [0.5, 0.6) is 28.7 Å². The van der Waals surface area contributed by atoms with Gasteiger partial charge in [0, 0.05) is 35.8 Å². The number of fused-ring (bicyclic) bond motifs is 1. The minimum absolute atomic E-state index is 0.288. The monoisotopic (exact) mass is 458 g/mol. The van der Waals surface area contributed by atoms with Crippen LogP contribution in [0.3, 0.4) is 0 Å². The zero-order chi connectivity index (χ0) is 24.1. The first-order valence-corrected chi connectivity index (χ1v) is 10.4. The third-order valence-electron chi connectivity index (χ3n) is 4.92. The molecule has 0 unspecified atom stereocenters. The summed E-state index contributed by atoms with van der Waals surface area (Å²) in [4.78, 5) is 27.9. The Kier molecular flexibility index (Phi) is 6.59. The summed E-state index contributed by atoms with van der Waals surface area (Å²) >= 11 is 0. The number of anilines is 1. The number of amides is 1. The van der Waals surface area contributed by atoms with Gasteiger partial charge in [-0.3, -0.25) is 14.6 Å². The highest BCUT2D eigenvalue weighted by molar-refractivity contribution is 6.04. The Hall–Kier alpha value is -4.59. The summed E-state index contributed by atoms with van der Waals surface area (Å²) in [6.45, 7) is 1.32. The lowest BCUT2D eigenvalue weighted by molar-refractivity contribution is -0.131. The third kappa shape index (κ3) is 5.07. The molecular formula is C26H22N2O6. The number of esters is 1. The van der Waals surface area contributed by atoms with Crippen molar-refractivity contribution in [3.63, 3.8) is 0 Å². The van der Waals surface area contributed by atoms with E-state index in [0.29, 0.717) is 45.5 Å². The number of hydrogen-bond acceptors (Lipinski definition) is 7. The molecule has 8 heteroatoms. The van der Waals surface area contributed by atoms with E-state index < -0.39 is 5.97 Å². The van der Waals surface area contributed by atoms with Crippen LogP contribution in [0, 0.1) is 0 Å². The fraction of sp³-hybridized carbons (Fsp3) is 0.115. The average Bonchev–Trinajstić information content (AvgIpc) is 2.84. The fourth-order valence-corrected chi connectivity index (χ4v) is 3.31. The highest BCUT2D eigenvalue weighted by Crippen LogP contribution is 2.37. The normalized spacial score (nSPS) is 10.4. The van der Waals surface area contributed by atoms with Crippen LogP contribution in [0.2, 0.25) is 0 Å². The van der Waals surface area contributed by atoms with Gasteiger partial charge in [-0.2, -0.15) is 0 Å². The van der Waals surface area contributed by atoms with Gasteiger partial charge in [-0.05, 0) is 60.7 Å². The zero-order valence-electron chi connectivity index (χ0n) is 18.8. The Morgan fingerprint density at radius 2 is 1.44 bits per heavy atom. The summed E-state index contributed by atoms with van der Waals surface area (Å²) in [5.74, 6) is 2.03. The molecule has 4 aromatic rings. The highest BCUT2D eigenvalue weighted by atomic mass is 16.5. The van der Waals surface area contributed by atoms with Crippen molar-refractivity contribution in [3.8, 4) is 28.7 Å². The van der Waals surface area contributed by atoms with Gasteiger partial charge in [0.2, 0.25) is 0 Å². The van der Waals surface area contributed by atoms with E-state index in [4.69, 9.17) is 18.9 Å². The van der Waals surface area contributed by atoms with Crippen molar-refractivity contribution in [2.75, 3.05) is 19.5 Å². The molecule has 1 aromatic heterocycles. The SMILES string of the molecule is COc1cc2nccc(Oc3ccc(NC(=O)c4ccc(OC(C)=O)cc4)cc3)c2cc1OC. The van der Waals surface area contributed by atoms with Crippen molar-refractivity contribution in [2.24, 2.45) is 0 Å². The van der Waals surface area contributed by atoms with Crippen molar-refractivity contribution in [1.82, 2.24) is 4.98 Å². The number of aromatic nitrogens is 1. The summed E-state index contributed by atoms with van der Waals surface area (Å²) < 4.78 is 21.8. The van der Waals surface area contributed by atoms with Gasteiger partial charge in [0.05, 0.1) is 19.7 Å². The van der Waals surface area contributed by atoms with Crippen LogP contribution in [0.25, 0.3) is 10.9 Å². The Bertz CT molecular complexity index is 1330. The molecule has 34 heavy (non-hydrogen) atoms. The van der Waals surface area contributed by atoms with Gasteiger partial charge in [0.1, 0.15) is 17.2 Å². The number of rotatable bonds is 7. The molecule has 0 aliphatic heterocycles. The molecular weight excluding hydrogens is 436 g/mol. The maximum Gasteiger partial charge on any atom is 0.308 e. The van der Waals surface area contributed by atoms with Gasteiger partial charge in [-0.25, -0.2) is 0 Å². The molecule has 0 atom stereocenters. The highest BCUT2D eigenvalue weighted by Gasteiger charge is 2.12. The average molecular weight is 458 g/mol. The molecule has 4 rings (SSSR count). The Balaban J connectivity index is 1.47. The summed E-state index contributed by atoms with van der Waals surface area (Å²) in [6.07, 6.45) is 1.66. The standard InChI is InChI=1S/C26H22N2O6/c1-16(29)33-19-8-4-17(5-9-19)26(30)28-18-6-10-20(11-7-18)34-23-12-13-27-22-15-25(32-3)24(31-2)14-21(22)23/h4-15H,1-3H3,(H,28,30). The number of methoxy groups -OCH3 is 2. The van der Waals surface area contributed by atoms with E-state index in [1.54, 1.807) is 81.1 Å². The molecule has 0 bridgehead atoms. The molecule has 8 nitrogen and oxygen atoms in total. The lowest BCUT2D eigenvalue weighted by Crippen LogP contribution is -2.11. The van der Waals surface area contributed by atoms with Gasteiger partial charge < -0.3 is 24.3 Å². The number of carbonyl (C=O) groups excluding carboxylic acids is 2. The minimum atomic E-state index is -0.418. The number of benzene rings is 3. The van der Waals surface area contributed by atoms with E-state index in [1.165, 1.54) is 6.92 Å². The lowest BCUT2D eigenvalue weighted by Gasteiger charge is -2.12. The summed E-state index contributed by atoms with van der Waals surface area (Å²) in [7, 11) is 3.14. The lowest BCUT2D eigenvalue weighted by atomic mass is 10.1. The molecule has 0 aliphatic carbocycles. The van der Waals surface area contributed by atoms with E-state index >= 15 is 0 Å². The smallest absolute Gasteiger partial charge is 0.308 e. The van der Waals surface area contributed by atoms with E-state index in [0.717, 1.165) is 5.39 Å². The molecule has 0 aliphatic rings. The van der Waals surface area contributed by atoms with Gasteiger partial charge >= 0.3 is 5.97 Å². The zero-order valence-corrected chi connectivity index (χ0v) is 18.8. The fourth-order valence-electron chi connectivity index (χ4n) is 3.31. The maximum atomic E-state index is 12.5. The quantitative estimate of drug-likeness (QED) is 0.300. The first-order valence-electron chi connectivity index (χ1n) is 10.4. The second-order valence-electron chi connectivity index (χ2n) is 7.23. The van der Waals surface area contributed by atoms with Crippen molar-refractivity contribution < 1.29 is 28.5 Å². The topological polar surface area (TPSA) is 96.0 Å². The summed E-state index contributed by atoms with van der Waals surface area (Å²) in [5.41, 5.74) is 1.75. The second kappa shape index (κ2) is 9.91. The number of ether oxygens (including phenoxy) is 4. The van der Waals surface area contributed by atoms with Crippen molar-refractivity contribution in [2.45, 2.75) is 6.92 Å². The van der Waals surface area contributed by atoms with E-state index in [1.807, 2.05) is 6.07 Å². The van der Waals surface area contributed by atoms with Crippen LogP contribution >= 0.6 is 0 Å². The van der Waals surface area contributed by atoms with Crippen molar-refractivity contribution >= 4 is 28.5 Å².